The molecule has 1 aromatic rings. The van der Waals surface area contributed by atoms with Crippen LogP contribution < -0.4 is 9.62 Å². The van der Waals surface area contributed by atoms with Crippen LogP contribution >= 0.6 is 35.1 Å². The van der Waals surface area contributed by atoms with Crippen molar-refractivity contribution in [3.63, 3.8) is 0 Å². The molecule has 1 aromatic carbocycles. The van der Waals surface area contributed by atoms with Gasteiger partial charge in [0.25, 0.3) is 10.0 Å². The van der Waals surface area contributed by atoms with Crippen LogP contribution in [-0.2, 0) is 10.0 Å². The molecule has 0 bridgehead atoms. The van der Waals surface area contributed by atoms with Crippen molar-refractivity contribution in [2.45, 2.75) is 15.8 Å². The second-order valence-corrected chi connectivity index (χ2v) is 9.84. The number of hydrogen-bond acceptors (Lipinski definition) is 8. The lowest BCUT2D eigenvalue weighted by Gasteiger charge is -2.23. The van der Waals surface area contributed by atoms with Gasteiger partial charge in [-0.15, -0.1) is 0 Å². The molecule has 4 aliphatic rings. The van der Waals surface area contributed by atoms with Gasteiger partial charge >= 0.3 is 0 Å². The first-order chi connectivity index (χ1) is 12.0. The topological polar surface area (TPSA) is 77.4 Å². The van der Waals surface area contributed by atoms with Gasteiger partial charge in [0.2, 0.25) is 0 Å². The Labute approximate surface area is 158 Å². The van der Waals surface area contributed by atoms with E-state index in [1.54, 1.807) is 34.3 Å². The number of rotatable bonds is 3. The largest absolute Gasteiger partial charge is 0.318 e. The predicted molar refractivity (Wildman–Crippen MR) is 104 cm³/mol. The lowest BCUT2D eigenvalue weighted by atomic mass is 10.2. The van der Waals surface area contributed by atoms with Gasteiger partial charge in [0, 0.05) is 17.6 Å². The minimum absolute atomic E-state index is 0.514. The number of benzene rings is 1. The third-order valence-corrected chi connectivity index (χ3v) is 8.20. The molecule has 0 saturated carbocycles. The molecule has 0 fully saturated rings. The third kappa shape index (κ3) is 2.46. The second-order valence-electron chi connectivity index (χ2n) is 5.73. The van der Waals surface area contributed by atoms with E-state index < -0.39 is 20.9 Å². The molecule has 4 heterocycles. The Kier molecular flexibility index (Phi) is 3.53. The normalized spacial score (nSPS) is 26.4. The van der Waals surface area contributed by atoms with Gasteiger partial charge < -0.3 is 9.80 Å². The van der Waals surface area contributed by atoms with Crippen LogP contribution in [0.5, 0.6) is 0 Å². The minimum Gasteiger partial charge on any atom is -0.318 e. The maximum absolute atomic E-state index is 12.9. The summed E-state index contributed by atoms with van der Waals surface area (Å²) < 4.78 is 28.4. The van der Waals surface area contributed by atoms with Crippen LogP contribution in [0.4, 0.5) is 11.4 Å². The van der Waals surface area contributed by atoms with Gasteiger partial charge in [0.1, 0.15) is 0 Å². The van der Waals surface area contributed by atoms with Crippen molar-refractivity contribution in [2.24, 2.45) is 9.98 Å². The Morgan fingerprint density at radius 3 is 3.08 bits per heavy atom. The lowest BCUT2D eigenvalue weighted by molar-refractivity contribution is 0.504. The summed E-state index contributed by atoms with van der Waals surface area (Å²) >= 11 is 9.15. The average molecular weight is 414 g/mol. The van der Waals surface area contributed by atoms with Gasteiger partial charge in [-0.1, -0.05) is 23.4 Å². The number of hydrogen-bond donors (Lipinski definition) is 1. The molecule has 0 amide bonds. The highest BCUT2D eigenvalue weighted by atomic mass is 35.5. The van der Waals surface area contributed by atoms with E-state index in [1.807, 2.05) is 12.1 Å². The van der Waals surface area contributed by atoms with Gasteiger partial charge in [-0.2, -0.15) is 0 Å². The summed E-state index contributed by atoms with van der Waals surface area (Å²) in [5.41, 5.74) is 0.664. The van der Waals surface area contributed by atoms with Crippen molar-refractivity contribution in [1.29, 1.82) is 0 Å². The summed E-state index contributed by atoms with van der Waals surface area (Å²) in [5.74, 6) is 0. The highest BCUT2D eigenvalue weighted by molar-refractivity contribution is 8.16. The van der Waals surface area contributed by atoms with E-state index in [-0.39, 0.29) is 0 Å². The monoisotopic (exact) mass is 413 g/mol. The van der Waals surface area contributed by atoms with Gasteiger partial charge in [-0.3, -0.25) is 9.71 Å². The van der Waals surface area contributed by atoms with Crippen LogP contribution in [0, 0.1) is 0 Å². The summed E-state index contributed by atoms with van der Waals surface area (Å²) in [6.45, 7) is 1.59. The fourth-order valence-electron chi connectivity index (χ4n) is 3.11. The molecule has 0 aromatic heterocycles. The molecular weight excluding hydrogens is 402 g/mol. The van der Waals surface area contributed by atoms with Crippen LogP contribution in [0.2, 0.25) is 0 Å². The summed E-state index contributed by atoms with van der Waals surface area (Å²) in [5, 5.41) is 2.43. The van der Waals surface area contributed by atoms with Crippen molar-refractivity contribution in [1.82, 2.24) is 4.90 Å². The number of nitrogens with zero attached hydrogens (tertiary/aromatic N) is 4. The molecule has 11 heteroatoms. The van der Waals surface area contributed by atoms with Crippen molar-refractivity contribution in [3.05, 3.63) is 29.8 Å². The first-order valence-electron chi connectivity index (χ1n) is 7.52. The highest BCUT2D eigenvalue weighted by Gasteiger charge is 2.45. The molecule has 2 unspecified atom stereocenters. The number of thioether (sulfide) groups is 2. The first-order valence-corrected chi connectivity index (χ1v) is 11.2. The standard InChI is InChI=1S/C14H12ClN5O2S3/c15-11-12(20-5-6-23-14(20)17-11)25(21,22)18-8-1-2-10-9(7-8)19-4-3-16-13(19)24-10/h1-2,5-7,11-12,18H,3-4H2. The maximum atomic E-state index is 12.9. The smallest absolute Gasteiger partial charge is 0.257 e. The number of sulfonamides is 1. The van der Waals surface area contributed by atoms with Crippen LogP contribution in [0.3, 0.4) is 0 Å². The van der Waals surface area contributed by atoms with Crippen molar-refractivity contribution < 1.29 is 8.42 Å². The van der Waals surface area contributed by atoms with E-state index >= 15 is 0 Å². The number of aliphatic imine (C=N–C) groups is 2. The van der Waals surface area contributed by atoms with E-state index in [4.69, 9.17) is 11.6 Å². The summed E-state index contributed by atoms with van der Waals surface area (Å²) in [4.78, 5) is 13.4. The molecule has 0 spiro atoms. The molecule has 7 nitrogen and oxygen atoms in total. The minimum atomic E-state index is -3.75. The molecule has 5 rings (SSSR count). The molecule has 0 radical (unpaired) electrons. The van der Waals surface area contributed by atoms with E-state index in [0.717, 1.165) is 28.8 Å². The van der Waals surface area contributed by atoms with Gasteiger partial charge in [0.15, 0.2) is 21.2 Å². The number of fused-ring (bicyclic) bond motifs is 4. The van der Waals surface area contributed by atoms with Crippen LogP contribution in [0.15, 0.2) is 44.7 Å². The molecular formula is C14H12ClN5O2S3. The molecule has 130 valence electrons. The zero-order chi connectivity index (χ0) is 17.2. The van der Waals surface area contributed by atoms with Crippen molar-refractivity contribution in [3.8, 4) is 0 Å². The second kappa shape index (κ2) is 5.57. The lowest BCUT2D eigenvalue weighted by Crippen LogP contribution is -2.42. The fourth-order valence-corrected chi connectivity index (χ4v) is 7.10. The quantitative estimate of drug-likeness (QED) is 0.606. The number of amidine groups is 2. The zero-order valence-electron chi connectivity index (χ0n) is 12.7. The Morgan fingerprint density at radius 1 is 1.32 bits per heavy atom. The predicted octanol–water partition coefficient (Wildman–Crippen LogP) is 2.49. The Bertz CT molecular complexity index is 961. The number of alkyl halides is 1. The Hall–Kier alpha value is -1.36. The molecule has 4 aliphatic heterocycles. The molecule has 2 atom stereocenters. The maximum Gasteiger partial charge on any atom is 0.257 e. The van der Waals surface area contributed by atoms with Crippen LogP contribution in [-0.4, -0.2) is 47.6 Å². The van der Waals surface area contributed by atoms with E-state index in [1.165, 1.54) is 11.8 Å². The summed E-state index contributed by atoms with van der Waals surface area (Å²) in [6.07, 6.45) is 1.70. The molecule has 1 N–H and O–H groups in total. The van der Waals surface area contributed by atoms with Gasteiger partial charge in [-0.25, -0.2) is 13.4 Å². The average Bonchev–Trinajstić information content (AvgIpc) is 3.26. The summed E-state index contributed by atoms with van der Waals surface area (Å²) in [7, 11) is -3.75. The number of halogens is 1. The van der Waals surface area contributed by atoms with Crippen molar-refractivity contribution in [2.75, 3.05) is 22.7 Å². The van der Waals surface area contributed by atoms with Gasteiger partial charge in [-0.05, 0) is 35.4 Å². The van der Waals surface area contributed by atoms with E-state index in [9.17, 15) is 8.42 Å². The Balaban J connectivity index is 1.43. The van der Waals surface area contributed by atoms with E-state index in [0.29, 0.717) is 10.9 Å². The number of nitrogens with one attached hydrogen (secondary N) is 1. The first kappa shape index (κ1) is 15.9. The molecule has 25 heavy (non-hydrogen) atoms. The molecule has 0 saturated heterocycles. The van der Waals surface area contributed by atoms with Crippen molar-refractivity contribution >= 4 is 66.9 Å². The summed E-state index contributed by atoms with van der Waals surface area (Å²) in [6, 6.07) is 5.53. The van der Waals surface area contributed by atoms with E-state index in [2.05, 4.69) is 19.6 Å². The SMILES string of the molecule is O=S(=O)(Nc1ccc2c(c1)N1CCN=C1S2)C1C(Cl)N=C2SC=CN21. The molecule has 0 aliphatic carbocycles. The van der Waals surface area contributed by atoms with Crippen LogP contribution in [0.1, 0.15) is 0 Å². The van der Waals surface area contributed by atoms with Crippen LogP contribution in [0.25, 0.3) is 0 Å². The Morgan fingerprint density at radius 2 is 2.20 bits per heavy atom. The third-order valence-electron chi connectivity index (χ3n) is 4.19. The number of anilines is 2. The fraction of sp³-hybridized carbons (Fsp3) is 0.286. The highest BCUT2D eigenvalue weighted by Crippen LogP contribution is 2.43. The van der Waals surface area contributed by atoms with Gasteiger partial charge in [0.05, 0.1) is 17.9 Å². The zero-order valence-corrected chi connectivity index (χ0v) is 15.9.